The van der Waals surface area contributed by atoms with Crippen molar-refractivity contribution in [1.82, 2.24) is 0 Å². The van der Waals surface area contributed by atoms with Crippen LogP contribution in [0.3, 0.4) is 0 Å². The Morgan fingerprint density at radius 3 is 0.704 bits per heavy atom. The zero-order valence-corrected chi connectivity index (χ0v) is 17.7. The molecule has 0 fully saturated rings. The first kappa shape index (κ1) is 21.3. The van der Waals surface area contributed by atoms with Gasteiger partial charge in [0.2, 0.25) is 0 Å². The van der Waals surface area contributed by atoms with Crippen molar-refractivity contribution >= 4 is 36.4 Å². The molecule has 0 aliphatic heterocycles. The molecule has 0 N–H and O–H groups in total. The van der Waals surface area contributed by atoms with E-state index in [9.17, 15) is 0 Å². The standard InChI is InChI=1S/C24H20B.B.Na/c1-5-13-21(14-6-1)25(22-15-7-2-8-16-22,23-17-9-3-10-18-23)24-19-11-4-12-20-24;;/h1-20H;;/q-1;;+1. The van der Waals surface area contributed by atoms with Gasteiger partial charge in [0.25, 0.3) is 0 Å². The van der Waals surface area contributed by atoms with Crippen molar-refractivity contribution < 1.29 is 29.6 Å². The van der Waals surface area contributed by atoms with E-state index in [1.807, 2.05) is 0 Å². The minimum absolute atomic E-state index is 0. The summed E-state index contributed by atoms with van der Waals surface area (Å²) in [5.41, 5.74) is 5.36. The Kier molecular flexibility index (Phi) is 7.74. The van der Waals surface area contributed by atoms with Crippen LogP contribution in [0, 0.1) is 0 Å². The molecule has 0 saturated carbocycles. The SMILES string of the molecule is [B].[Na+].c1ccc([B-](c2ccccc2)(c2ccccc2)c2ccccc2)cc1. The number of hydrogen-bond donors (Lipinski definition) is 0. The average molecular weight is 353 g/mol. The third-order valence-electron chi connectivity index (χ3n) is 5.20. The van der Waals surface area contributed by atoms with Gasteiger partial charge >= 0.3 is 29.6 Å². The number of benzene rings is 4. The minimum Gasteiger partial charge on any atom is -0.195 e. The Bertz CT molecular complexity index is 763. The molecule has 3 radical (unpaired) electrons. The molecule has 0 bridgehead atoms. The molecule has 0 atom stereocenters. The van der Waals surface area contributed by atoms with E-state index in [4.69, 9.17) is 0 Å². The van der Waals surface area contributed by atoms with Crippen molar-refractivity contribution in [3.8, 4) is 0 Å². The second-order valence-corrected chi connectivity index (χ2v) is 6.51. The Balaban J connectivity index is 0.00000131. The van der Waals surface area contributed by atoms with E-state index in [1.165, 1.54) is 21.9 Å². The van der Waals surface area contributed by atoms with Gasteiger partial charge in [-0.25, -0.2) is 0 Å². The summed E-state index contributed by atoms with van der Waals surface area (Å²) in [6.45, 7) is 0. The van der Waals surface area contributed by atoms with Crippen LogP contribution in [0.15, 0.2) is 121 Å². The van der Waals surface area contributed by atoms with E-state index >= 15 is 0 Å². The summed E-state index contributed by atoms with van der Waals surface area (Å²) in [5.74, 6) is 0. The van der Waals surface area contributed by atoms with Crippen LogP contribution in [0.4, 0.5) is 0 Å². The first-order valence-electron chi connectivity index (χ1n) is 8.80. The van der Waals surface area contributed by atoms with Crippen molar-refractivity contribution in [2.24, 2.45) is 0 Å². The molecule has 123 valence electrons. The molecule has 0 nitrogen and oxygen atoms in total. The van der Waals surface area contributed by atoms with Gasteiger partial charge in [-0.05, 0) is 0 Å². The topological polar surface area (TPSA) is 0 Å². The monoisotopic (exact) mass is 353 g/mol. The summed E-state index contributed by atoms with van der Waals surface area (Å²) >= 11 is 0. The van der Waals surface area contributed by atoms with Gasteiger partial charge in [-0.15, -0.1) is 0 Å². The van der Waals surface area contributed by atoms with E-state index in [0.29, 0.717) is 0 Å². The van der Waals surface area contributed by atoms with Gasteiger partial charge < -0.3 is 0 Å². The van der Waals surface area contributed by atoms with Crippen LogP contribution in [0.25, 0.3) is 0 Å². The van der Waals surface area contributed by atoms with Crippen LogP contribution >= 0.6 is 0 Å². The average Bonchev–Trinajstić information content (AvgIpc) is 2.72. The molecular weight excluding hydrogens is 333 g/mol. The van der Waals surface area contributed by atoms with Gasteiger partial charge in [-0.1, -0.05) is 121 Å². The predicted octanol–water partition coefficient (Wildman–Crippen LogP) is -0.313. The maximum Gasteiger partial charge on any atom is 1.00 e. The number of hydrogen-bond acceptors (Lipinski definition) is 0. The molecule has 0 aliphatic rings. The Morgan fingerprint density at radius 2 is 0.519 bits per heavy atom. The third-order valence-corrected chi connectivity index (χ3v) is 5.20. The molecule has 0 saturated heterocycles. The molecule has 27 heavy (non-hydrogen) atoms. The van der Waals surface area contributed by atoms with Crippen molar-refractivity contribution in [3.05, 3.63) is 121 Å². The molecule has 0 unspecified atom stereocenters. The van der Waals surface area contributed by atoms with Gasteiger partial charge in [-0.3, -0.25) is 0 Å². The maximum absolute atomic E-state index is 2.26. The smallest absolute Gasteiger partial charge is 0.195 e. The van der Waals surface area contributed by atoms with Gasteiger partial charge in [0.1, 0.15) is 6.15 Å². The van der Waals surface area contributed by atoms with E-state index in [0.717, 1.165) is 0 Å². The number of rotatable bonds is 4. The van der Waals surface area contributed by atoms with Crippen LogP contribution in [-0.4, -0.2) is 14.6 Å². The normalized spacial score (nSPS) is 10.4. The summed E-state index contributed by atoms with van der Waals surface area (Å²) in [4.78, 5) is 0. The molecule has 4 aromatic carbocycles. The van der Waals surface area contributed by atoms with E-state index in [1.54, 1.807) is 0 Å². The Morgan fingerprint density at radius 1 is 0.333 bits per heavy atom. The Hall–Kier alpha value is -1.99. The molecule has 0 spiro atoms. The molecule has 4 aromatic rings. The quantitative estimate of drug-likeness (QED) is 0.442. The molecule has 0 aromatic heterocycles. The van der Waals surface area contributed by atoms with Crippen LogP contribution in [-0.2, 0) is 0 Å². The van der Waals surface area contributed by atoms with Crippen LogP contribution in [0.1, 0.15) is 0 Å². The van der Waals surface area contributed by atoms with Gasteiger partial charge in [0.15, 0.2) is 0 Å². The summed E-state index contributed by atoms with van der Waals surface area (Å²) < 4.78 is 0. The van der Waals surface area contributed by atoms with Crippen molar-refractivity contribution in [1.29, 1.82) is 0 Å². The summed E-state index contributed by atoms with van der Waals surface area (Å²) in [5, 5.41) is 0. The molecule has 4 rings (SSSR count). The molecular formula is C24H20B2Na. The second-order valence-electron chi connectivity index (χ2n) is 6.51. The van der Waals surface area contributed by atoms with E-state index < -0.39 is 6.15 Å². The summed E-state index contributed by atoms with van der Waals surface area (Å²) in [7, 11) is 0. The van der Waals surface area contributed by atoms with Gasteiger partial charge in [0, 0.05) is 8.41 Å². The first-order valence-corrected chi connectivity index (χ1v) is 8.80. The molecule has 0 aliphatic carbocycles. The van der Waals surface area contributed by atoms with E-state index in [2.05, 4.69) is 121 Å². The van der Waals surface area contributed by atoms with Crippen LogP contribution in [0.2, 0.25) is 0 Å². The summed E-state index contributed by atoms with van der Waals surface area (Å²) in [6.07, 6.45) is -1.22. The third kappa shape index (κ3) is 3.99. The van der Waals surface area contributed by atoms with Crippen LogP contribution < -0.4 is 51.4 Å². The molecule has 0 heterocycles. The fourth-order valence-corrected chi connectivity index (χ4v) is 4.12. The maximum atomic E-state index is 2.26. The largest absolute Gasteiger partial charge is 1.00 e. The molecule has 3 heteroatoms. The van der Waals surface area contributed by atoms with Crippen molar-refractivity contribution in [3.63, 3.8) is 0 Å². The molecule has 0 amide bonds. The summed E-state index contributed by atoms with van der Waals surface area (Å²) in [6, 6.07) is 43.5. The first-order chi connectivity index (χ1) is 12.4. The van der Waals surface area contributed by atoms with Gasteiger partial charge in [-0.2, -0.15) is 21.9 Å². The fourth-order valence-electron chi connectivity index (χ4n) is 4.12. The van der Waals surface area contributed by atoms with Crippen molar-refractivity contribution in [2.45, 2.75) is 0 Å². The van der Waals surface area contributed by atoms with Gasteiger partial charge in [0.05, 0.1) is 0 Å². The van der Waals surface area contributed by atoms with E-state index in [-0.39, 0.29) is 38.0 Å². The predicted molar refractivity (Wildman–Crippen MR) is 116 cm³/mol. The zero-order chi connectivity index (χ0) is 17.0. The Labute approximate surface area is 186 Å². The van der Waals surface area contributed by atoms with Crippen molar-refractivity contribution in [2.75, 3.05) is 0 Å². The fraction of sp³-hybridized carbons (Fsp3) is 0. The minimum atomic E-state index is -1.22. The van der Waals surface area contributed by atoms with Crippen LogP contribution in [0.5, 0.6) is 0 Å². The second kappa shape index (κ2) is 9.80. The zero-order valence-electron chi connectivity index (χ0n) is 15.7.